The van der Waals surface area contributed by atoms with Crippen LogP contribution in [0.15, 0.2) is 18.3 Å². The molecule has 1 rings (SSSR count). The van der Waals surface area contributed by atoms with E-state index in [1.54, 1.807) is 0 Å². The molecule has 1 atom stereocenters. The van der Waals surface area contributed by atoms with Gasteiger partial charge in [-0.1, -0.05) is 19.1 Å². The van der Waals surface area contributed by atoms with Crippen molar-refractivity contribution in [2.45, 2.75) is 20.8 Å². The molecule has 16 heavy (non-hydrogen) atoms. The molecule has 0 aliphatic heterocycles. The van der Waals surface area contributed by atoms with Crippen LogP contribution >= 0.6 is 12.2 Å². The van der Waals surface area contributed by atoms with Crippen LogP contribution in [-0.2, 0) is 0 Å². The van der Waals surface area contributed by atoms with Crippen LogP contribution in [0.25, 0.3) is 0 Å². The van der Waals surface area contributed by atoms with E-state index in [1.165, 1.54) is 5.69 Å². The average Bonchev–Trinajstić information content (AvgIpc) is 2.25. The van der Waals surface area contributed by atoms with Gasteiger partial charge in [0.05, 0.1) is 4.99 Å². The lowest BCUT2D eigenvalue weighted by Crippen LogP contribution is -2.33. The first kappa shape index (κ1) is 12.9. The third kappa shape index (κ3) is 3.45. The molecule has 2 N–H and O–H groups in total. The van der Waals surface area contributed by atoms with E-state index < -0.39 is 0 Å². The Bertz CT molecular complexity index is 365. The molecule has 0 saturated heterocycles. The summed E-state index contributed by atoms with van der Waals surface area (Å²) in [5.41, 5.74) is 7.84. The third-order valence-corrected chi connectivity index (χ3v) is 3.01. The number of anilines is 1. The zero-order valence-corrected chi connectivity index (χ0v) is 10.9. The minimum absolute atomic E-state index is 0.225. The summed E-state index contributed by atoms with van der Waals surface area (Å²) in [5.74, 6) is 0.225. The van der Waals surface area contributed by atoms with E-state index in [-0.39, 0.29) is 5.92 Å². The molecule has 88 valence electrons. The molecule has 0 saturated carbocycles. The van der Waals surface area contributed by atoms with Crippen molar-refractivity contribution >= 4 is 22.9 Å². The van der Waals surface area contributed by atoms with E-state index in [2.05, 4.69) is 29.8 Å². The Morgan fingerprint density at radius 1 is 1.62 bits per heavy atom. The number of hydrogen-bond donors (Lipinski definition) is 1. The van der Waals surface area contributed by atoms with Gasteiger partial charge in [-0.05, 0) is 26.0 Å². The Hall–Kier alpha value is -1.16. The van der Waals surface area contributed by atoms with Crippen LogP contribution in [0.1, 0.15) is 19.5 Å². The van der Waals surface area contributed by atoms with Gasteiger partial charge >= 0.3 is 0 Å². The van der Waals surface area contributed by atoms with Crippen LogP contribution in [0.3, 0.4) is 0 Å². The Labute approximate surface area is 103 Å². The Morgan fingerprint density at radius 3 is 2.81 bits per heavy atom. The van der Waals surface area contributed by atoms with Gasteiger partial charge in [0.1, 0.15) is 0 Å². The zero-order chi connectivity index (χ0) is 12.1. The lowest BCUT2D eigenvalue weighted by molar-refractivity contribution is 0.707. The van der Waals surface area contributed by atoms with Crippen molar-refractivity contribution in [2.75, 3.05) is 18.0 Å². The summed E-state index contributed by atoms with van der Waals surface area (Å²) < 4.78 is 0. The predicted molar refractivity (Wildman–Crippen MR) is 72.8 cm³/mol. The normalized spacial score (nSPS) is 12.2. The smallest absolute Gasteiger partial charge is 0.0773 e. The fraction of sp³-hybridized carbons (Fsp3) is 0.500. The second kappa shape index (κ2) is 5.80. The lowest BCUT2D eigenvalue weighted by Gasteiger charge is -2.26. The molecule has 1 aromatic rings. The van der Waals surface area contributed by atoms with E-state index in [9.17, 15) is 0 Å². The van der Waals surface area contributed by atoms with Crippen molar-refractivity contribution in [2.24, 2.45) is 11.7 Å². The second-order valence-electron chi connectivity index (χ2n) is 4.00. The number of nitrogens with zero attached hydrogens (tertiary/aromatic N) is 2. The molecule has 0 radical (unpaired) electrons. The molecule has 0 aliphatic carbocycles. The number of aryl methyl sites for hydroxylation is 1. The van der Waals surface area contributed by atoms with Crippen molar-refractivity contribution in [1.29, 1.82) is 0 Å². The van der Waals surface area contributed by atoms with Gasteiger partial charge in [-0.25, -0.2) is 0 Å². The predicted octanol–water partition coefficient (Wildman–Crippen LogP) is 2.14. The maximum Gasteiger partial charge on any atom is 0.0773 e. The molecule has 1 aromatic heterocycles. The summed E-state index contributed by atoms with van der Waals surface area (Å²) in [7, 11) is 0. The topological polar surface area (TPSA) is 42.1 Å². The van der Waals surface area contributed by atoms with E-state index in [1.807, 2.05) is 19.2 Å². The minimum Gasteiger partial charge on any atom is -0.393 e. The molecule has 0 aliphatic rings. The lowest BCUT2D eigenvalue weighted by atomic mass is 10.1. The fourth-order valence-corrected chi connectivity index (χ4v) is 1.64. The fourth-order valence-electron chi connectivity index (χ4n) is 1.56. The number of nitrogens with two attached hydrogens (primary N) is 1. The van der Waals surface area contributed by atoms with E-state index in [4.69, 9.17) is 18.0 Å². The first-order chi connectivity index (χ1) is 7.54. The SMILES string of the molecule is CCN(CC(C)C(N)=S)c1ccnc(C)c1. The molecular weight excluding hydrogens is 218 g/mol. The Morgan fingerprint density at radius 2 is 2.31 bits per heavy atom. The monoisotopic (exact) mass is 237 g/mol. The van der Waals surface area contributed by atoms with Gasteiger partial charge in [0.25, 0.3) is 0 Å². The maximum absolute atomic E-state index is 5.64. The molecule has 0 aromatic carbocycles. The number of hydrogen-bond acceptors (Lipinski definition) is 3. The number of rotatable bonds is 5. The minimum atomic E-state index is 0.225. The van der Waals surface area contributed by atoms with E-state index in [0.717, 1.165) is 18.8 Å². The van der Waals surface area contributed by atoms with Gasteiger partial charge in [0.2, 0.25) is 0 Å². The number of pyridine rings is 1. The summed E-state index contributed by atoms with van der Waals surface area (Å²) >= 11 is 5.00. The van der Waals surface area contributed by atoms with Gasteiger partial charge in [0, 0.05) is 36.6 Å². The van der Waals surface area contributed by atoms with Gasteiger partial charge in [-0.3, -0.25) is 4.98 Å². The highest BCUT2D eigenvalue weighted by Crippen LogP contribution is 2.15. The molecule has 1 heterocycles. The van der Waals surface area contributed by atoms with Crippen molar-refractivity contribution in [3.8, 4) is 0 Å². The standard InChI is InChI=1S/C12H19N3S/c1-4-15(8-9(2)12(13)16)11-5-6-14-10(3)7-11/h5-7,9H,4,8H2,1-3H3,(H2,13,16). The summed E-state index contributed by atoms with van der Waals surface area (Å²) in [6, 6.07) is 4.10. The number of thiocarbonyl (C=S) groups is 1. The van der Waals surface area contributed by atoms with Crippen molar-refractivity contribution in [3.05, 3.63) is 24.0 Å². The summed E-state index contributed by atoms with van der Waals surface area (Å²) in [6.07, 6.45) is 1.83. The van der Waals surface area contributed by atoms with Crippen molar-refractivity contribution < 1.29 is 0 Å². The molecule has 0 amide bonds. The molecule has 4 heteroatoms. The van der Waals surface area contributed by atoms with Crippen LogP contribution in [0.4, 0.5) is 5.69 Å². The van der Waals surface area contributed by atoms with E-state index >= 15 is 0 Å². The summed E-state index contributed by atoms with van der Waals surface area (Å²) in [4.78, 5) is 7.03. The Kier molecular flexibility index (Phi) is 4.68. The van der Waals surface area contributed by atoms with Crippen LogP contribution in [0.2, 0.25) is 0 Å². The van der Waals surface area contributed by atoms with Gasteiger partial charge in [0.15, 0.2) is 0 Å². The summed E-state index contributed by atoms with van der Waals surface area (Å²) in [6.45, 7) is 7.97. The second-order valence-corrected chi connectivity index (χ2v) is 4.47. The molecule has 1 unspecified atom stereocenters. The molecule has 0 fully saturated rings. The largest absolute Gasteiger partial charge is 0.393 e. The van der Waals surface area contributed by atoms with Crippen LogP contribution < -0.4 is 10.6 Å². The Balaban J connectivity index is 2.78. The van der Waals surface area contributed by atoms with Crippen LogP contribution in [-0.4, -0.2) is 23.1 Å². The highest BCUT2D eigenvalue weighted by atomic mass is 32.1. The average molecular weight is 237 g/mol. The zero-order valence-electron chi connectivity index (χ0n) is 10.1. The third-order valence-electron chi connectivity index (χ3n) is 2.61. The quantitative estimate of drug-likeness (QED) is 0.797. The first-order valence-corrected chi connectivity index (χ1v) is 5.92. The highest BCUT2D eigenvalue weighted by Gasteiger charge is 2.11. The van der Waals surface area contributed by atoms with Crippen molar-refractivity contribution in [3.63, 3.8) is 0 Å². The van der Waals surface area contributed by atoms with Crippen LogP contribution in [0, 0.1) is 12.8 Å². The summed E-state index contributed by atoms with van der Waals surface area (Å²) in [5, 5.41) is 0. The maximum atomic E-state index is 5.64. The molecule has 0 spiro atoms. The van der Waals surface area contributed by atoms with Crippen LogP contribution in [0.5, 0.6) is 0 Å². The first-order valence-electron chi connectivity index (χ1n) is 5.51. The molecule has 0 bridgehead atoms. The van der Waals surface area contributed by atoms with Crippen molar-refractivity contribution in [1.82, 2.24) is 4.98 Å². The van der Waals surface area contributed by atoms with Gasteiger partial charge in [-0.15, -0.1) is 0 Å². The molecule has 3 nitrogen and oxygen atoms in total. The number of aromatic nitrogens is 1. The molecular formula is C12H19N3S. The van der Waals surface area contributed by atoms with E-state index in [0.29, 0.717) is 4.99 Å². The van der Waals surface area contributed by atoms with Gasteiger partial charge in [-0.2, -0.15) is 0 Å². The highest BCUT2D eigenvalue weighted by molar-refractivity contribution is 7.80. The van der Waals surface area contributed by atoms with Gasteiger partial charge < -0.3 is 10.6 Å².